The Hall–Kier alpha value is -1.30. The third-order valence-electron chi connectivity index (χ3n) is 4.60. The van der Waals surface area contributed by atoms with Gasteiger partial charge in [-0.15, -0.1) is 0 Å². The van der Waals surface area contributed by atoms with Crippen molar-refractivity contribution in [2.45, 2.75) is 104 Å². The summed E-state index contributed by atoms with van der Waals surface area (Å²) in [5, 5.41) is 3.09. The van der Waals surface area contributed by atoms with Gasteiger partial charge in [0.15, 0.2) is 0 Å². The molecule has 6 nitrogen and oxygen atoms in total. The van der Waals surface area contributed by atoms with Gasteiger partial charge in [0.25, 0.3) is 0 Å². The summed E-state index contributed by atoms with van der Waals surface area (Å²) in [6.07, 6.45) is 3.48. The first-order chi connectivity index (χ1) is 11.4. The molecule has 25 heavy (non-hydrogen) atoms. The summed E-state index contributed by atoms with van der Waals surface area (Å²) in [5.41, 5.74) is 5.44. The Morgan fingerprint density at radius 1 is 1.12 bits per heavy atom. The van der Waals surface area contributed by atoms with Gasteiger partial charge in [-0.2, -0.15) is 0 Å². The van der Waals surface area contributed by atoms with E-state index in [1.54, 1.807) is 4.90 Å². The molecule has 0 aromatic carbocycles. The molecule has 0 aromatic heterocycles. The summed E-state index contributed by atoms with van der Waals surface area (Å²) >= 11 is 0. The van der Waals surface area contributed by atoms with Crippen molar-refractivity contribution in [1.82, 2.24) is 10.2 Å². The maximum absolute atomic E-state index is 12.7. The Kier molecular flexibility index (Phi) is 7.72. The van der Waals surface area contributed by atoms with Crippen LogP contribution in [0.2, 0.25) is 0 Å². The van der Waals surface area contributed by atoms with Crippen molar-refractivity contribution in [3.63, 3.8) is 0 Å². The van der Waals surface area contributed by atoms with Crippen molar-refractivity contribution in [2.24, 2.45) is 11.7 Å². The lowest BCUT2D eigenvalue weighted by Gasteiger charge is -2.43. The lowest BCUT2D eigenvalue weighted by atomic mass is 9.88. The minimum Gasteiger partial charge on any atom is -0.444 e. The largest absolute Gasteiger partial charge is 0.444 e. The Balaban J connectivity index is 2.94. The molecule has 6 heteroatoms. The topological polar surface area (TPSA) is 84.7 Å². The number of nitrogens with one attached hydrogen (secondary N) is 1. The molecule has 1 saturated carbocycles. The van der Waals surface area contributed by atoms with Gasteiger partial charge in [0.1, 0.15) is 5.60 Å². The summed E-state index contributed by atoms with van der Waals surface area (Å²) in [7, 11) is 0. The van der Waals surface area contributed by atoms with E-state index in [2.05, 4.69) is 5.32 Å². The standard InChI is InChI=1S/C19H37N3O3/c1-12(2)16(20)17(23)21-14-10-8-9-11-15(14)22(13(3)4)18(24)25-19(5,6)7/h12-16H,8-11,20H2,1-7H3,(H,21,23)/t14?,15?,16-/m0/s1. The maximum atomic E-state index is 12.7. The molecule has 0 aliphatic heterocycles. The molecule has 1 aliphatic rings. The second-order valence-electron chi connectivity index (χ2n) is 8.72. The van der Waals surface area contributed by atoms with Crippen LogP contribution < -0.4 is 11.1 Å². The molecule has 3 atom stereocenters. The van der Waals surface area contributed by atoms with E-state index in [0.717, 1.165) is 25.7 Å². The molecule has 1 aliphatic carbocycles. The fraction of sp³-hybridized carbons (Fsp3) is 0.895. The van der Waals surface area contributed by atoms with Gasteiger partial charge >= 0.3 is 6.09 Å². The highest BCUT2D eigenvalue weighted by Gasteiger charge is 2.38. The van der Waals surface area contributed by atoms with E-state index in [1.165, 1.54) is 0 Å². The Bertz CT molecular complexity index is 457. The maximum Gasteiger partial charge on any atom is 0.410 e. The number of nitrogens with two attached hydrogens (primary N) is 1. The third-order valence-corrected chi connectivity index (χ3v) is 4.60. The Morgan fingerprint density at radius 2 is 1.68 bits per heavy atom. The second kappa shape index (κ2) is 8.88. The number of hydrogen-bond donors (Lipinski definition) is 2. The minimum absolute atomic E-state index is 0.00359. The van der Waals surface area contributed by atoms with Gasteiger partial charge in [0.05, 0.1) is 12.1 Å². The van der Waals surface area contributed by atoms with E-state index in [9.17, 15) is 9.59 Å². The first-order valence-corrected chi connectivity index (χ1v) is 9.51. The first-order valence-electron chi connectivity index (χ1n) is 9.51. The summed E-state index contributed by atoms with van der Waals surface area (Å²) in [6.45, 7) is 13.4. The van der Waals surface area contributed by atoms with Crippen LogP contribution in [-0.4, -0.2) is 46.7 Å². The summed E-state index contributed by atoms with van der Waals surface area (Å²) < 4.78 is 5.60. The van der Waals surface area contributed by atoms with Crippen LogP contribution in [0.4, 0.5) is 4.79 Å². The predicted octanol–water partition coefficient (Wildman–Crippen LogP) is 3.04. The molecule has 0 spiro atoms. The van der Waals surface area contributed by atoms with E-state index >= 15 is 0 Å². The number of amides is 2. The molecule has 0 heterocycles. The smallest absolute Gasteiger partial charge is 0.410 e. The molecule has 146 valence electrons. The highest BCUT2D eigenvalue weighted by molar-refractivity contribution is 5.82. The van der Waals surface area contributed by atoms with Crippen LogP contribution in [0.1, 0.15) is 74.1 Å². The highest BCUT2D eigenvalue weighted by atomic mass is 16.6. The molecular formula is C19H37N3O3. The minimum atomic E-state index is -0.544. The molecule has 1 rings (SSSR count). The SMILES string of the molecule is CC(C)[C@H](N)C(=O)NC1CCCCC1N(C(=O)OC(C)(C)C)C(C)C. The monoisotopic (exact) mass is 355 g/mol. The fourth-order valence-electron chi connectivity index (χ4n) is 3.24. The Labute approximate surface area is 152 Å². The van der Waals surface area contributed by atoms with Gasteiger partial charge in [0.2, 0.25) is 5.91 Å². The summed E-state index contributed by atoms with van der Waals surface area (Å²) in [5.74, 6) is -0.0612. The van der Waals surface area contributed by atoms with Crippen molar-refractivity contribution < 1.29 is 14.3 Å². The number of rotatable bonds is 5. The van der Waals surface area contributed by atoms with Crippen molar-refractivity contribution >= 4 is 12.0 Å². The van der Waals surface area contributed by atoms with Crippen molar-refractivity contribution in [2.75, 3.05) is 0 Å². The number of nitrogens with zero attached hydrogens (tertiary/aromatic N) is 1. The number of carbonyl (C=O) groups excluding carboxylic acids is 2. The summed E-state index contributed by atoms with van der Waals surface area (Å²) in [4.78, 5) is 26.9. The molecule has 1 fully saturated rings. The average molecular weight is 356 g/mol. The molecule has 0 bridgehead atoms. The highest BCUT2D eigenvalue weighted by Crippen LogP contribution is 2.27. The van der Waals surface area contributed by atoms with Crippen molar-refractivity contribution in [1.29, 1.82) is 0 Å². The van der Waals surface area contributed by atoms with Crippen LogP contribution in [0.5, 0.6) is 0 Å². The zero-order valence-electron chi connectivity index (χ0n) is 17.0. The molecule has 3 N–H and O–H groups in total. The molecule has 2 unspecified atom stereocenters. The molecule has 0 aromatic rings. The number of carbonyl (C=O) groups is 2. The van der Waals surface area contributed by atoms with E-state index in [4.69, 9.17) is 10.5 Å². The molecule has 0 saturated heterocycles. The van der Waals surface area contributed by atoms with Crippen LogP contribution in [0, 0.1) is 5.92 Å². The predicted molar refractivity (Wildman–Crippen MR) is 100 cm³/mol. The van der Waals surface area contributed by atoms with Crippen LogP contribution in [-0.2, 0) is 9.53 Å². The molecular weight excluding hydrogens is 318 g/mol. The van der Waals surface area contributed by atoms with Gasteiger partial charge in [-0.3, -0.25) is 4.79 Å². The molecule has 0 radical (unpaired) electrons. The first kappa shape index (κ1) is 21.7. The summed E-state index contributed by atoms with van der Waals surface area (Å²) in [6, 6.07) is -0.680. The quantitative estimate of drug-likeness (QED) is 0.794. The normalized spacial score (nSPS) is 22.6. The van der Waals surface area contributed by atoms with Gasteiger partial charge in [-0.25, -0.2) is 4.79 Å². The van der Waals surface area contributed by atoms with Crippen LogP contribution in [0.15, 0.2) is 0 Å². The lowest BCUT2D eigenvalue weighted by molar-refractivity contribution is -0.124. The van der Waals surface area contributed by atoms with Crippen LogP contribution in [0.25, 0.3) is 0 Å². The fourth-order valence-corrected chi connectivity index (χ4v) is 3.24. The van der Waals surface area contributed by atoms with E-state index in [1.807, 2.05) is 48.5 Å². The van der Waals surface area contributed by atoms with E-state index in [0.29, 0.717) is 0 Å². The van der Waals surface area contributed by atoms with Gasteiger partial charge in [-0.1, -0.05) is 26.7 Å². The van der Waals surface area contributed by atoms with Gasteiger partial charge in [-0.05, 0) is 53.4 Å². The number of hydrogen-bond acceptors (Lipinski definition) is 4. The zero-order valence-corrected chi connectivity index (χ0v) is 17.0. The number of ether oxygens (including phenoxy) is 1. The third kappa shape index (κ3) is 6.49. The van der Waals surface area contributed by atoms with E-state index < -0.39 is 11.6 Å². The average Bonchev–Trinajstić information content (AvgIpc) is 2.45. The zero-order chi connectivity index (χ0) is 19.4. The van der Waals surface area contributed by atoms with Crippen LogP contribution >= 0.6 is 0 Å². The molecule has 2 amide bonds. The van der Waals surface area contributed by atoms with Crippen LogP contribution in [0.3, 0.4) is 0 Å². The van der Waals surface area contributed by atoms with Gasteiger partial charge < -0.3 is 20.7 Å². The second-order valence-corrected chi connectivity index (χ2v) is 8.72. The lowest BCUT2D eigenvalue weighted by Crippen LogP contribution is -2.59. The van der Waals surface area contributed by atoms with Crippen molar-refractivity contribution in [3.8, 4) is 0 Å². The van der Waals surface area contributed by atoms with E-state index in [-0.39, 0.29) is 36.0 Å². The Morgan fingerprint density at radius 3 is 2.16 bits per heavy atom. The van der Waals surface area contributed by atoms with Crippen molar-refractivity contribution in [3.05, 3.63) is 0 Å². The van der Waals surface area contributed by atoms with Gasteiger partial charge in [0, 0.05) is 12.1 Å².